The molecule has 3 aliphatic heterocycles. The zero-order valence-corrected chi connectivity index (χ0v) is 23.5. The molecule has 1 saturated carbocycles. The number of benzene rings is 2. The van der Waals surface area contributed by atoms with Crippen LogP contribution in [0.5, 0.6) is 11.8 Å². The van der Waals surface area contributed by atoms with Gasteiger partial charge in [-0.15, -0.1) is 6.42 Å². The Morgan fingerprint density at radius 1 is 1.16 bits per heavy atom. The van der Waals surface area contributed by atoms with Crippen LogP contribution in [-0.2, 0) is 0 Å². The summed E-state index contributed by atoms with van der Waals surface area (Å²) in [6, 6.07) is 5.81. The average molecular weight is 586 g/mol. The summed E-state index contributed by atoms with van der Waals surface area (Å²) in [5.74, 6) is 1.97. The topological polar surface area (TPSA) is 74.6 Å². The lowest BCUT2D eigenvalue weighted by molar-refractivity contribution is 0.107. The number of alkyl halides is 1. The van der Waals surface area contributed by atoms with E-state index >= 15 is 4.39 Å². The van der Waals surface area contributed by atoms with E-state index in [1.54, 1.807) is 0 Å². The monoisotopic (exact) mass is 585 g/mol. The Bertz CT molecular complexity index is 1840. The van der Waals surface area contributed by atoms with E-state index in [1.807, 2.05) is 0 Å². The minimum atomic E-state index is -0.905. The second-order valence-corrected chi connectivity index (χ2v) is 12.5. The third-order valence-electron chi connectivity index (χ3n) is 10.0. The molecule has 4 unspecified atom stereocenters. The number of hydrogen-bond acceptors (Lipinski definition) is 7. The number of phenols is 1. The van der Waals surface area contributed by atoms with Crippen LogP contribution in [-0.4, -0.2) is 69.0 Å². The van der Waals surface area contributed by atoms with Crippen LogP contribution >= 0.6 is 0 Å². The fourth-order valence-corrected chi connectivity index (χ4v) is 8.08. The molecule has 0 amide bonds. The normalized spacial score (nSPS) is 26.5. The Morgan fingerprint density at radius 2 is 2.05 bits per heavy atom. The van der Waals surface area contributed by atoms with Gasteiger partial charge < -0.3 is 14.7 Å². The molecule has 2 aromatic carbocycles. The maximum Gasteiger partial charge on any atom is 0.319 e. The largest absolute Gasteiger partial charge is 0.508 e. The first kappa shape index (κ1) is 26.5. The highest BCUT2D eigenvalue weighted by Gasteiger charge is 2.49. The first-order valence-electron chi connectivity index (χ1n) is 14.9. The number of halogens is 3. The van der Waals surface area contributed by atoms with Crippen LogP contribution in [0.2, 0.25) is 0 Å². The minimum Gasteiger partial charge on any atom is -0.508 e. The second kappa shape index (κ2) is 9.71. The van der Waals surface area contributed by atoms with Gasteiger partial charge in [-0.3, -0.25) is 9.88 Å². The zero-order valence-electron chi connectivity index (χ0n) is 23.5. The van der Waals surface area contributed by atoms with Crippen molar-refractivity contribution in [3.63, 3.8) is 0 Å². The van der Waals surface area contributed by atoms with E-state index < -0.39 is 23.3 Å². The van der Waals surface area contributed by atoms with Gasteiger partial charge in [-0.2, -0.15) is 9.97 Å². The van der Waals surface area contributed by atoms with Crippen molar-refractivity contribution in [3.8, 4) is 35.4 Å². The van der Waals surface area contributed by atoms with Crippen molar-refractivity contribution in [1.82, 2.24) is 19.9 Å². The van der Waals surface area contributed by atoms with Crippen molar-refractivity contribution in [3.05, 3.63) is 47.7 Å². The summed E-state index contributed by atoms with van der Waals surface area (Å²) < 4.78 is 52.1. The highest BCUT2D eigenvalue weighted by molar-refractivity contribution is 6.03. The van der Waals surface area contributed by atoms with Crippen molar-refractivity contribution in [2.45, 2.75) is 56.3 Å². The number of aromatic hydroxyl groups is 1. The highest BCUT2D eigenvalue weighted by atomic mass is 19.1. The number of fused-ring (bicyclic) bond motifs is 5. The van der Waals surface area contributed by atoms with Gasteiger partial charge in [0.15, 0.2) is 5.82 Å². The molecule has 4 aliphatic rings. The number of terminal acetylenes is 1. The van der Waals surface area contributed by atoms with E-state index in [2.05, 4.69) is 25.7 Å². The molecule has 4 aromatic rings. The molecular weight excluding hydrogens is 555 g/mol. The Balaban J connectivity index is 1.28. The Morgan fingerprint density at radius 3 is 2.84 bits per heavy atom. The molecule has 1 aliphatic carbocycles. The van der Waals surface area contributed by atoms with E-state index in [4.69, 9.17) is 16.1 Å². The molecule has 4 atom stereocenters. The first-order chi connectivity index (χ1) is 20.8. The smallest absolute Gasteiger partial charge is 0.319 e. The molecule has 5 heterocycles. The lowest BCUT2D eigenvalue weighted by Crippen LogP contribution is -2.43. The SMILES string of the molecule is C#Cc1c(F)ccc2cc(O)cc(-c3ncc4c(N5CC6CCC5C6)nc(OCC56CCCN5CC(F)C6)nc4c3F)c12. The first-order valence-corrected chi connectivity index (χ1v) is 14.9. The molecular formula is C33H30F3N5O2. The fraction of sp³-hybridized carbons (Fsp3) is 0.424. The van der Waals surface area contributed by atoms with E-state index in [9.17, 15) is 13.9 Å². The van der Waals surface area contributed by atoms with Gasteiger partial charge in [0.05, 0.1) is 16.5 Å². The lowest BCUT2D eigenvalue weighted by Gasteiger charge is -2.31. The van der Waals surface area contributed by atoms with E-state index in [1.165, 1.54) is 30.5 Å². The molecule has 10 heteroatoms. The molecule has 2 bridgehead atoms. The van der Waals surface area contributed by atoms with Gasteiger partial charge in [0.2, 0.25) is 0 Å². The molecule has 7 nitrogen and oxygen atoms in total. The van der Waals surface area contributed by atoms with Crippen LogP contribution in [0, 0.1) is 29.9 Å². The zero-order chi connectivity index (χ0) is 29.5. The van der Waals surface area contributed by atoms with Crippen LogP contribution < -0.4 is 9.64 Å². The number of aromatic nitrogens is 3. The number of pyridine rings is 1. The molecule has 220 valence electrons. The van der Waals surface area contributed by atoms with Crippen LogP contribution in [0.1, 0.15) is 44.1 Å². The standard InChI is InChI=1S/C33H30F3N5O2/c1-2-23-26(35)7-5-19-11-22(42)12-24(27(19)23)29-28(36)30-25(14-37-29)31(41-15-18-4-6-21(41)10-18)39-32(38-30)43-17-33-8-3-9-40(33)16-20(34)13-33/h1,5,7,11-12,14,18,20-21,42H,3-4,6,8-10,13,15-17H2. The van der Waals surface area contributed by atoms with Crippen LogP contribution in [0.3, 0.4) is 0 Å². The number of ether oxygens (including phenoxy) is 1. The molecule has 1 N–H and O–H groups in total. The summed E-state index contributed by atoms with van der Waals surface area (Å²) in [5.41, 5.74) is -0.408. The molecule has 8 rings (SSSR count). The fourth-order valence-electron chi connectivity index (χ4n) is 8.08. The summed E-state index contributed by atoms with van der Waals surface area (Å²) >= 11 is 0. The molecule has 4 fully saturated rings. The number of nitrogens with zero attached hydrogens (tertiary/aromatic N) is 5. The molecule has 43 heavy (non-hydrogen) atoms. The van der Waals surface area contributed by atoms with Gasteiger partial charge in [0, 0.05) is 42.7 Å². The van der Waals surface area contributed by atoms with Crippen LogP contribution in [0.15, 0.2) is 30.5 Å². The average Bonchev–Trinajstić information content (AvgIpc) is 3.77. The predicted octanol–water partition coefficient (Wildman–Crippen LogP) is 5.75. The third-order valence-corrected chi connectivity index (χ3v) is 10.0. The maximum absolute atomic E-state index is 16.7. The van der Waals surface area contributed by atoms with Gasteiger partial charge in [-0.05, 0) is 68.2 Å². The van der Waals surface area contributed by atoms with Crippen molar-refractivity contribution >= 4 is 27.5 Å². The van der Waals surface area contributed by atoms with Gasteiger partial charge >= 0.3 is 6.01 Å². The number of hydrogen-bond donors (Lipinski definition) is 1. The number of rotatable bonds is 5. The summed E-state index contributed by atoms with van der Waals surface area (Å²) in [6.45, 7) is 2.24. The summed E-state index contributed by atoms with van der Waals surface area (Å²) in [4.78, 5) is 18.2. The van der Waals surface area contributed by atoms with Crippen molar-refractivity contribution in [2.24, 2.45) is 5.92 Å². The van der Waals surface area contributed by atoms with E-state index in [0.717, 1.165) is 45.2 Å². The van der Waals surface area contributed by atoms with Crippen LogP contribution in [0.4, 0.5) is 19.0 Å². The van der Waals surface area contributed by atoms with Gasteiger partial charge in [0.1, 0.15) is 41.4 Å². The predicted molar refractivity (Wildman–Crippen MR) is 157 cm³/mol. The Kier molecular flexibility index (Phi) is 5.99. The van der Waals surface area contributed by atoms with Crippen LogP contribution in [0.25, 0.3) is 32.9 Å². The summed E-state index contributed by atoms with van der Waals surface area (Å²) in [5, 5.41) is 11.7. The van der Waals surface area contributed by atoms with E-state index in [-0.39, 0.29) is 46.1 Å². The lowest BCUT2D eigenvalue weighted by atomic mass is 9.95. The van der Waals surface area contributed by atoms with Gasteiger partial charge in [0.25, 0.3) is 0 Å². The number of anilines is 1. The van der Waals surface area contributed by atoms with Crippen molar-refractivity contribution in [2.75, 3.05) is 31.1 Å². The Labute approximate surface area is 246 Å². The molecule has 3 saturated heterocycles. The second-order valence-electron chi connectivity index (χ2n) is 12.5. The van der Waals surface area contributed by atoms with Gasteiger partial charge in [-0.25, -0.2) is 13.2 Å². The quantitative estimate of drug-likeness (QED) is 0.299. The van der Waals surface area contributed by atoms with Gasteiger partial charge in [-0.1, -0.05) is 12.0 Å². The minimum absolute atomic E-state index is 0.0125. The highest BCUT2D eigenvalue weighted by Crippen LogP contribution is 2.44. The summed E-state index contributed by atoms with van der Waals surface area (Å²) in [7, 11) is 0. The molecule has 0 radical (unpaired) electrons. The van der Waals surface area contributed by atoms with E-state index in [0.29, 0.717) is 41.5 Å². The number of phenolic OH excluding ortho intramolecular Hbond substituents is 1. The number of piperidine rings is 1. The Hall–Kier alpha value is -4.10. The van der Waals surface area contributed by atoms with Crippen molar-refractivity contribution in [1.29, 1.82) is 0 Å². The molecule has 0 spiro atoms. The summed E-state index contributed by atoms with van der Waals surface area (Å²) in [6.07, 6.45) is 11.7. The molecule has 2 aromatic heterocycles. The van der Waals surface area contributed by atoms with Crippen molar-refractivity contribution < 1.29 is 23.0 Å². The third kappa shape index (κ3) is 4.12. The maximum atomic E-state index is 16.7.